The first-order chi connectivity index (χ1) is 5.49. The van der Waals surface area contributed by atoms with Crippen molar-refractivity contribution in [2.24, 2.45) is 11.8 Å². The van der Waals surface area contributed by atoms with Crippen molar-refractivity contribution in [1.82, 2.24) is 0 Å². The molecule has 0 aromatic rings. The lowest BCUT2D eigenvalue weighted by molar-refractivity contribution is -0.120. The van der Waals surface area contributed by atoms with Crippen LogP contribution in [0.1, 0.15) is 40.5 Å². The molecule has 0 bridgehead atoms. The minimum absolute atomic E-state index is 0.0844. The van der Waals surface area contributed by atoms with E-state index in [9.17, 15) is 9.90 Å². The van der Waals surface area contributed by atoms with Crippen LogP contribution in [0.3, 0.4) is 0 Å². The molecule has 12 heavy (non-hydrogen) atoms. The van der Waals surface area contributed by atoms with Gasteiger partial charge in [0.2, 0.25) is 0 Å². The highest BCUT2D eigenvalue weighted by molar-refractivity contribution is 5.77. The Kier molecular flexibility index (Phi) is 5.14. The molecule has 0 spiro atoms. The average Bonchev–Trinajstić information content (AvgIpc) is 2.02. The summed E-state index contributed by atoms with van der Waals surface area (Å²) < 4.78 is 0. The van der Waals surface area contributed by atoms with Gasteiger partial charge in [-0.05, 0) is 25.7 Å². The largest absolute Gasteiger partial charge is 0.393 e. The first-order valence-electron chi connectivity index (χ1n) is 4.67. The SMILES string of the molecule is CC[C@H](O)[C@@H](C)C[C@@H](C)C(C)=O. The van der Waals surface area contributed by atoms with E-state index in [0.717, 1.165) is 12.8 Å². The van der Waals surface area contributed by atoms with Crippen LogP contribution in [0.25, 0.3) is 0 Å². The third kappa shape index (κ3) is 3.86. The summed E-state index contributed by atoms with van der Waals surface area (Å²) in [4.78, 5) is 10.9. The Morgan fingerprint density at radius 1 is 1.42 bits per heavy atom. The maximum absolute atomic E-state index is 10.9. The zero-order chi connectivity index (χ0) is 9.72. The Labute approximate surface area is 75.0 Å². The Bertz CT molecular complexity index is 143. The van der Waals surface area contributed by atoms with Crippen LogP contribution in [-0.2, 0) is 4.79 Å². The van der Waals surface area contributed by atoms with E-state index in [1.54, 1.807) is 6.92 Å². The summed E-state index contributed by atoms with van der Waals surface area (Å²) in [7, 11) is 0. The molecular weight excluding hydrogens is 152 g/mol. The molecule has 0 unspecified atom stereocenters. The third-order valence-corrected chi connectivity index (χ3v) is 2.49. The predicted octanol–water partition coefficient (Wildman–Crippen LogP) is 2.01. The molecule has 3 atom stereocenters. The number of rotatable bonds is 5. The number of ketones is 1. The smallest absolute Gasteiger partial charge is 0.132 e. The van der Waals surface area contributed by atoms with Gasteiger partial charge in [0.05, 0.1) is 6.10 Å². The highest BCUT2D eigenvalue weighted by Gasteiger charge is 2.17. The number of Topliss-reactive ketones (excluding diaryl/α,β-unsaturated/α-hetero) is 1. The van der Waals surface area contributed by atoms with Crippen molar-refractivity contribution in [3.63, 3.8) is 0 Å². The van der Waals surface area contributed by atoms with Crippen molar-refractivity contribution in [3.05, 3.63) is 0 Å². The van der Waals surface area contributed by atoms with E-state index in [-0.39, 0.29) is 23.7 Å². The van der Waals surface area contributed by atoms with Crippen LogP contribution in [-0.4, -0.2) is 17.0 Å². The van der Waals surface area contributed by atoms with E-state index in [1.807, 2.05) is 20.8 Å². The van der Waals surface area contributed by atoms with Crippen LogP contribution in [0.15, 0.2) is 0 Å². The fraction of sp³-hybridized carbons (Fsp3) is 0.900. The van der Waals surface area contributed by atoms with Gasteiger partial charge in [-0.25, -0.2) is 0 Å². The first-order valence-corrected chi connectivity index (χ1v) is 4.67. The normalized spacial score (nSPS) is 18.4. The molecule has 72 valence electrons. The molecule has 0 aromatic heterocycles. The minimum atomic E-state index is -0.258. The zero-order valence-electron chi connectivity index (χ0n) is 8.50. The van der Waals surface area contributed by atoms with Crippen molar-refractivity contribution in [2.75, 3.05) is 0 Å². The van der Waals surface area contributed by atoms with Crippen LogP contribution in [0.4, 0.5) is 0 Å². The van der Waals surface area contributed by atoms with Crippen LogP contribution in [0, 0.1) is 11.8 Å². The van der Waals surface area contributed by atoms with Crippen LogP contribution in [0.2, 0.25) is 0 Å². The molecule has 0 aliphatic rings. The summed E-state index contributed by atoms with van der Waals surface area (Å²) >= 11 is 0. The number of aliphatic hydroxyl groups excluding tert-OH is 1. The van der Waals surface area contributed by atoms with Gasteiger partial charge in [0.15, 0.2) is 0 Å². The highest BCUT2D eigenvalue weighted by atomic mass is 16.3. The molecule has 0 aromatic carbocycles. The minimum Gasteiger partial charge on any atom is -0.393 e. The number of hydrogen-bond acceptors (Lipinski definition) is 2. The standard InChI is InChI=1S/C10H20O2/c1-5-10(12)8(3)6-7(2)9(4)11/h7-8,10,12H,5-6H2,1-4H3/t7-,8+,10+/m1/s1. The Hall–Kier alpha value is -0.370. The van der Waals surface area contributed by atoms with Crippen molar-refractivity contribution in [3.8, 4) is 0 Å². The Balaban J connectivity index is 3.83. The van der Waals surface area contributed by atoms with Crippen molar-refractivity contribution >= 4 is 5.78 Å². The summed E-state index contributed by atoms with van der Waals surface area (Å²) in [6, 6.07) is 0. The molecule has 0 saturated heterocycles. The molecule has 0 rings (SSSR count). The molecule has 2 nitrogen and oxygen atoms in total. The van der Waals surface area contributed by atoms with Gasteiger partial charge in [-0.2, -0.15) is 0 Å². The van der Waals surface area contributed by atoms with E-state index in [2.05, 4.69) is 0 Å². The van der Waals surface area contributed by atoms with E-state index in [0.29, 0.717) is 0 Å². The van der Waals surface area contributed by atoms with E-state index in [4.69, 9.17) is 0 Å². The molecule has 0 aliphatic carbocycles. The van der Waals surface area contributed by atoms with Gasteiger partial charge in [-0.15, -0.1) is 0 Å². The van der Waals surface area contributed by atoms with Gasteiger partial charge in [0, 0.05) is 5.92 Å². The van der Waals surface area contributed by atoms with Gasteiger partial charge in [0.1, 0.15) is 5.78 Å². The summed E-state index contributed by atoms with van der Waals surface area (Å²) in [6.45, 7) is 7.48. The molecular formula is C10H20O2. The second-order valence-electron chi connectivity index (χ2n) is 3.70. The van der Waals surface area contributed by atoms with Gasteiger partial charge in [-0.3, -0.25) is 4.79 Å². The highest BCUT2D eigenvalue weighted by Crippen LogP contribution is 2.17. The summed E-state index contributed by atoms with van der Waals surface area (Å²) in [5, 5.41) is 9.45. The predicted molar refractivity (Wildman–Crippen MR) is 49.9 cm³/mol. The Morgan fingerprint density at radius 3 is 2.25 bits per heavy atom. The lowest BCUT2D eigenvalue weighted by Gasteiger charge is -2.19. The number of carbonyl (C=O) groups excluding carboxylic acids is 1. The molecule has 1 N–H and O–H groups in total. The Morgan fingerprint density at radius 2 is 1.92 bits per heavy atom. The van der Waals surface area contributed by atoms with Crippen LogP contribution in [0.5, 0.6) is 0 Å². The van der Waals surface area contributed by atoms with Crippen LogP contribution >= 0.6 is 0 Å². The quantitative estimate of drug-likeness (QED) is 0.688. The topological polar surface area (TPSA) is 37.3 Å². The number of hydrogen-bond donors (Lipinski definition) is 1. The lowest BCUT2D eigenvalue weighted by Crippen LogP contribution is -2.21. The van der Waals surface area contributed by atoms with Gasteiger partial charge < -0.3 is 5.11 Å². The van der Waals surface area contributed by atoms with E-state index in [1.165, 1.54) is 0 Å². The molecule has 2 heteroatoms. The van der Waals surface area contributed by atoms with Gasteiger partial charge in [0.25, 0.3) is 0 Å². The zero-order valence-corrected chi connectivity index (χ0v) is 8.50. The number of carbonyl (C=O) groups is 1. The maximum atomic E-state index is 10.9. The van der Waals surface area contributed by atoms with E-state index >= 15 is 0 Å². The molecule has 0 fully saturated rings. The van der Waals surface area contributed by atoms with Crippen molar-refractivity contribution < 1.29 is 9.90 Å². The van der Waals surface area contributed by atoms with Gasteiger partial charge in [-0.1, -0.05) is 20.8 Å². The van der Waals surface area contributed by atoms with Crippen LogP contribution < -0.4 is 0 Å². The fourth-order valence-corrected chi connectivity index (χ4v) is 1.28. The summed E-state index contributed by atoms with van der Waals surface area (Å²) in [5.41, 5.74) is 0. The monoisotopic (exact) mass is 172 g/mol. The molecule has 0 saturated carbocycles. The summed E-state index contributed by atoms with van der Waals surface area (Å²) in [5.74, 6) is 0.528. The second-order valence-corrected chi connectivity index (χ2v) is 3.70. The molecule has 0 heterocycles. The first kappa shape index (κ1) is 11.6. The molecule has 0 amide bonds. The van der Waals surface area contributed by atoms with Gasteiger partial charge >= 0.3 is 0 Å². The lowest BCUT2D eigenvalue weighted by atomic mass is 9.90. The second kappa shape index (κ2) is 5.31. The average molecular weight is 172 g/mol. The number of aliphatic hydroxyl groups is 1. The third-order valence-electron chi connectivity index (χ3n) is 2.49. The van der Waals surface area contributed by atoms with Crippen molar-refractivity contribution in [1.29, 1.82) is 0 Å². The molecule has 0 radical (unpaired) electrons. The maximum Gasteiger partial charge on any atom is 0.132 e. The fourth-order valence-electron chi connectivity index (χ4n) is 1.28. The van der Waals surface area contributed by atoms with E-state index < -0.39 is 0 Å². The van der Waals surface area contributed by atoms with Crippen molar-refractivity contribution in [2.45, 2.75) is 46.6 Å². The summed E-state index contributed by atoms with van der Waals surface area (Å²) in [6.07, 6.45) is 1.31. The molecule has 0 aliphatic heterocycles.